The van der Waals surface area contributed by atoms with Crippen molar-refractivity contribution >= 4 is 0 Å². The van der Waals surface area contributed by atoms with E-state index >= 15 is 0 Å². The maximum absolute atomic E-state index is 5.53. The Labute approximate surface area is 136 Å². The standard InChI is InChI=1S/C16H24N6O/c1-10(16-18-15(20-23-16)13-6-7-13)21-8-4-5-14(21)9-22-12(3)17-11(2)19-22/h10,13-14H,4-9H2,1-3H3/t10-,14+/m1/s1. The van der Waals surface area contributed by atoms with Gasteiger partial charge in [-0.3, -0.25) is 4.90 Å². The van der Waals surface area contributed by atoms with Gasteiger partial charge in [0.25, 0.3) is 0 Å². The van der Waals surface area contributed by atoms with Crippen LogP contribution < -0.4 is 0 Å². The average molecular weight is 316 g/mol. The highest BCUT2D eigenvalue weighted by Crippen LogP contribution is 2.39. The fraction of sp³-hybridized carbons (Fsp3) is 0.750. The maximum Gasteiger partial charge on any atom is 0.243 e. The number of hydrogen-bond donors (Lipinski definition) is 0. The number of likely N-dealkylation sites (tertiary alicyclic amines) is 1. The van der Waals surface area contributed by atoms with E-state index in [-0.39, 0.29) is 6.04 Å². The highest BCUT2D eigenvalue weighted by molar-refractivity contribution is 5.05. The molecule has 2 aromatic rings. The van der Waals surface area contributed by atoms with E-state index in [0.29, 0.717) is 12.0 Å². The molecule has 2 aliphatic rings. The number of nitrogens with zero attached hydrogens (tertiary/aromatic N) is 6. The number of aryl methyl sites for hydroxylation is 2. The number of aromatic nitrogens is 5. The normalized spacial score (nSPS) is 23.5. The van der Waals surface area contributed by atoms with Crippen LogP contribution in [0.3, 0.4) is 0 Å². The lowest BCUT2D eigenvalue weighted by molar-refractivity contribution is 0.143. The van der Waals surface area contributed by atoms with Gasteiger partial charge in [0, 0.05) is 12.0 Å². The molecule has 23 heavy (non-hydrogen) atoms. The SMILES string of the molecule is Cc1nc(C)n(C[C@@H]2CCCN2[C@H](C)c2nc(C3CC3)no2)n1. The van der Waals surface area contributed by atoms with E-state index in [2.05, 4.69) is 32.0 Å². The van der Waals surface area contributed by atoms with Gasteiger partial charge in [0.2, 0.25) is 5.89 Å². The van der Waals surface area contributed by atoms with Gasteiger partial charge in [0.15, 0.2) is 5.82 Å². The molecule has 0 amide bonds. The summed E-state index contributed by atoms with van der Waals surface area (Å²) in [6.07, 6.45) is 4.77. The number of rotatable bonds is 5. The van der Waals surface area contributed by atoms with Crippen molar-refractivity contribution < 1.29 is 4.52 Å². The Morgan fingerprint density at radius 3 is 2.74 bits per heavy atom. The summed E-state index contributed by atoms with van der Waals surface area (Å²) in [5.41, 5.74) is 0. The Kier molecular flexibility index (Phi) is 3.67. The van der Waals surface area contributed by atoms with Gasteiger partial charge in [-0.05, 0) is 53.0 Å². The Balaban J connectivity index is 1.48. The molecule has 0 unspecified atom stereocenters. The lowest BCUT2D eigenvalue weighted by Gasteiger charge is -2.28. The first-order chi connectivity index (χ1) is 11.1. The second-order valence-electron chi connectivity index (χ2n) is 6.86. The molecule has 7 nitrogen and oxygen atoms in total. The van der Waals surface area contributed by atoms with Crippen LogP contribution in [0.4, 0.5) is 0 Å². The molecule has 0 bridgehead atoms. The molecule has 1 saturated heterocycles. The fourth-order valence-electron chi connectivity index (χ4n) is 3.56. The molecular weight excluding hydrogens is 292 g/mol. The lowest BCUT2D eigenvalue weighted by Crippen LogP contribution is -2.35. The molecule has 3 heterocycles. The van der Waals surface area contributed by atoms with Crippen molar-refractivity contribution in [2.24, 2.45) is 0 Å². The van der Waals surface area contributed by atoms with Gasteiger partial charge >= 0.3 is 0 Å². The highest BCUT2D eigenvalue weighted by Gasteiger charge is 2.34. The van der Waals surface area contributed by atoms with E-state index in [1.165, 1.54) is 25.7 Å². The largest absolute Gasteiger partial charge is 0.338 e. The molecule has 7 heteroatoms. The minimum atomic E-state index is 0.160. The van der Waals surface area contributed by atoms with Crippen LogP contribution in [0.2, 0.25) is 0 Å². The van der Waals surface area contributed by atoms with Gasteiger partial charge in [-0.2, -0.15) is 10.1 Å². The lowest BCUT2D eigenvalue weighted by atomic mass is 10.2. The number of hydrogen-bond acceptors (Lipinski definition) is 6. The van der Waals surface area contributed by atoms with E-state index in [9.17, 15) is 0 Å². The van der Waals surface area contributed by atoms with Crippen molar-refractivity contribution in [3.63, 3.8) is 0 Å². The molecule has 2 aromatic heterocycles. The molecule has 1 aliphatic carbocycles. The van der Waals surface area contributed by atoms with Gasteiger partial charge in [0.05, 0.1) is 12.6 Å². The van der Waals surface area contributed by atoms with E-state index < -0.39 is 0 Å². The van der Waals surface area contributed by atoms with Crippen LogP contribution in [-0.2, 0) is 6.54 Å². The first kappa shape index (κ1) is 14.8. The molecule has 1 aliphatic heterocycles. The van der Waals surface area contributed by atoms with Gasteiger partial charge in [0.1, 0.15) is 11.6 Å². The predicted molar refractivity (Wildman–Crippen MR) is 83.9 cm³/mol. The topological polar surface area (TPSA) is 72.9 Å². The third-order valence-electron chi connectivity index (χ3n) is 5.02. The summed E-state index contributed by atoms with van der Waals surface area (Å²) in [6, 6.07) is 0.605. The Morgan fingerprint density at radius 1 is 1.22 bits per heavy atom. The predicted octanol–water partition coefficient (Wildman–Crippen LogP) is 2.38. The maximum atomic E-state index is 5.53. The van der Waals surface area contributed by atoms with Gasteiger partial charge in [-0.1, -0.05) is 5.16 Å². The summed E-state index contributed by atoms with van der Waals surface area (Å²) in [7, 11) is 0. The van der Waals surface area contributed by atoms with Gasteiger partial charge in [-0.15, -0.1) is 0 Å². The zero-order chi connectivity index (χ0) is 16.0. The zero-order valence-corrected chi connectivity index (χ0v) is 14.1. The third-order valence-corrected chi connectivity index (χ3v) is 5.02. The quantitative estimate of drug-likeness (QED) is 0.843. The molecule has 4 rings (SSSR count). The second-order valence-corrected chi connectivity index (χ2v) is 6.86. The Hall–Kier alpha value is -1.76. The molecule has 2 fully saturated rings. The monoisotopic (exact) mass is 316 g/mol. The van der Waals surface area contributed by atoms with Crippen molar-refractivity contribution in [3.05, 3.63) is 23.4 Å². The smallest absolute Gasteiger partial charge is 0.243 e. The highest BCUT2D eigenvalue weighted by atomic mass is 16.5. The summed E-state index contributed by atoms with van der Waals surface area (Å²) in [4.78, 5) is 11.5. The van der Waals surface area contributed by atoms with Crippen LogP contribution in [0.1, 0.15) is 67.9 Å². The van der Waals surface area contributed by atoms with E-state index in [1.807, 2.05) is 18.5 Å². The molecule has 124 valence electrons. The summed E-state index contributed by atoms with van der Waals surface area (Å²) >= 11 is 0. The van der Waals surface area contributed by atoms with Crippen LogP contribution in [0, 0.1) is 13.8 Å². The van der Waals surface area contributed by atoms with Crippen LogP contribution in [0.5, 0.6) is 0 Å². The van der Waals surface area contributed by atoms with Crippen molar-refractivity contribution in [3.8, 4) is 0 Å². The summed E-state index contributed by atoms with van der Waals surface area (Å²) in [5.74, 6) is 4.01. The van der Waals surface area contributed by atoms with Crippen molar-refractivity contribution in [1.82, 2.24) is 29.8 Å². The fourth-order valence-corrected chi connectivity index (χ4v) is 3.56. The van der Waals surface area contributed by atoms with Crippen LogP contribution >= 0.6 is 0 Å². The molecule has 1 saturated carbocycles. The summed E-state index contributed by atoms with van der Waals surface area (Å²) in [5, 5.41) is 8.66. The Bertz CT molecular complexity index is 689. The minimum Gasteiger partial charge on any atom is -0.338 e. The van der Waals surface area contributed by atoms with E-state index in [4.69, 9.17) is 4.52 Å². The zero-order valence-electron chi connectivity index (χ0n) is 14.1. The van der Waals surface area contributed by atoms with Crippen molar-refractivity contribution in [2.75, 3.05) is 6.54 Å². The molecule has 0 N–H and O–H groups in total. The van der Waals surface area contributed by atoms with Crippen molar-refractivity contribution in [2.45, 2.75) is 71.0 Å². The Morgan fingerprint density at radius 2 is 2.04 bits per heavy atom. The molecule has 0 aromatic carbocycles. The minimum absolute atomic E-state index is 0.160. The van der Waals surface area contributed by atoms with Crippen LogP contribution in [0.25, 0.3) is 0 Å². The first-order valence-corrected chi connectivity index (χ1v) is 8.59. The van der Waals surface area contributed by atoms with Crippen LogP contribution in [-0.4, -0.2) is 42.4 Å². The summed E-state index contributed by atoms with van der Waals surface area (Å²) in [6.45, 7) is 8.07. The van der Waals surface area contributed by atoms with Gasteiger partial charge < -0.3 is 4.52 Å². The molecule has 0 spiro atoms. The van der Waals surface area contributed by atoms with Crippen molar-refractivity contribution in [1.29, 1.82) is 0 Å². The second kappa shape index (κ2) is 5.70. The average Bonchev–Trinajstić information content (AvgIpc) is 2.95. The molecular formula is C16H24N6O. The molecule has 2 atom stereocenters. The third kappa shape index (κ3) is 2.89. The van der Waals surface area contributed by atoms with Crippen LogP contribution in [0.15, 0.2) is 4.52 Å². The molecule has 0 radical (unpaired) electrons. The summed E-state index contributed by atoms with van der Waals surface area (Å²) < 4.78 is 7.55. The van der Waals surface area contributed by atoms with E-state index in [0.717, 1.165) is 36.5 Å². The van der Waals surface area contributed by atoms with Gasteiger partial charge in [-0.25, -0.2) is 9.67 Å². The van der Waals surface area contributed by atoms with E-state index in [1.54, 1.807) is 0 Å². The first-order valence-electron chi connectivity index (χ1n) is 8.59.